The van der Waals surface area contributed by atoms with E-state index in [9.17, 15) is 0 Å². The number of hydrogen-bond acceptors (Lipinski definition) is 3. The highest BCUT2D eigenvalue weighted by molar-refractivity contribution is 6.00. The molecule has 1 unspecified atom stereocenters. The Morgan fingerprint density at radius 1 is 0.614 bits per heavy atom. The molecule has 2 aliphatic heterocycles. The average Bonchev–Trinajstić information content (AvgIpc) is 3.54. The van der Waals surface area contributed by atoms with E-state index in [-0.39, 0.29) is 0 Å². The molecule has 3 aliphatic rings. The van der Waals surface area contributed by atoms with E-state index in [0.717, 1.165) is 50.6 Å². The first-order valence-electron chi connectivity index (χ1n) is 19.3. The van der Waals surface area contributed by atoms with Gasteiger partial charge in [-0.15, -0.1) is 0 Å². The number of rotatable bonds is 3. The van der Waals surface area contributed by atoms with Crippen LogP contribution in [0.2, 0.25) is 0 Å². The van der Waals surface area contributed by atoms with Crippen molar-refractivity contribution in [1.29, 1.82) is 0 Å². The second kappa shape index (κ2) is 14.8. The van der Waals surface area contributed by atoms with Gasteiger partial charge in [0.05, 0.1) is 23.1 Å². The molecule has 0 radical (unpaired) electrons. The number of hydrogen-bond donors (Lipinski definition) is 0. The highest BCUT2D eigenvalue weighted by Crippen LogP contribution is 2.58. The van der Waals surface area contributed by atoms with Crippen LogP contribution in [0.25, 0.3) is 27.5 Å². The van der Waals surface area contributed by atoms with Crippen molar-refractivity contribution in [2.75, 3.05) is 4.90 Å². The molecular weight excluding hydrogens is 693 g/mol. The molecule has 0 N–H and O–H groups in total. The maximum absolute atomic E-state index is 6.47. The molecular formula is C54H42N2O. The van der Waals surface area contributed by atoms with Gasteiger partial charge in [-0.25, -0.2) is 0 Å². The van der Waals surface area contributed by atoms with Gasteiger partial charge >= 0.3 is 0 Å². The molecule has 0 amide bonds. The summed E-state index contributed by atoms with van der Waals surface area (Å²) in [5.74, 6) is 0.641. The molecule has 0 bridgehead atoms. The lowest BCUT2D eigenvalue weighted by atomic mass is 9.67. The summed E-state index contributed by atoms with van der Waals surface area (Å²) >= 11 is 0. The van der Waals surface area contributed by atoms with Crippen molar-refractivity contribution in [3.63, 3.8) is 0 Å². The molecule has 274 valence electrons. The van der Waals surface area contributed by atoms with Crippen molar-refractivity contribution in [3.8, 4) is 11.1 Å². The fourth-order valence-electron chi connectivity index (χ4n) is 8.78. The topological polar surface area (TPSA) is 24.8 Å². The van der Waals surface area contributed by atoms with Gasteiger partial charge in [-0.3, -0.25) is 4.99 Å². The lowest BCUT2D eigenvalue weighted by Crippen LogP contribution is -2.29. The number of aliphatic imine (C=N–C) groups is 1. The predicted octanol–water partition coefficient (Wildman–Crippen LogP) is 14.4. The van der Waals surface area contributed by atoms with Gasteiger partial charge in [0.2, 0.25) is 0 Å². The van der Waals surface area contributed by atoms with E-state index in [1.165, 1.54) is 38.6 Å². The summed E-state index contributed by atoms with van der Waals surface area (Å²) in [6, 6.07) is 49.7. The number of anilines is 3. The first kappa shape index (κ1) is 35.5. The third-order valence-corrected chi connectivity index (χ3v) is 11.4. The van der Waals surface area contributed by atoms with Crippen molar-refractivity contribution in [3.05, 3.63) is 246 Å². The number of allylic oxidation sites excluding steroid dienone is 12. The number of para-hydroxylation sites is 2. The molecule has 57 heavy (non-hydrogen) atoms. The SMILES string of the molecule is C=C1/C=C\C=C/O/C2=C1/C=C(\C)C1(/C(C)=C/C=C\C=Nc3ccccc3C2=C)c2ccccc2-c2cc(N(c3ccccc3)c3cccc4ccccc34)ccc21. The van der Waals surface area contributed by atoms with E-state index in [1.807, 2.05) is 54.8 Å². The lowest BCUT2D eigenvalue weighted by molar-refractivity contribution is 0.369. The van der Waals surface area contributed by atoms with Crippen molar-refractivity contribution in [2.24, 2.45) is 4.99 Å². The highest BCUT2D eigenvalue weighted by atomic mass is 16.5. The van der Waals surface area contributed by atoms with E-state index in [1.54, 1.807) is 6.26 Å². The van der Waals surface area contributed by atoms with Crippen LogP contribution in [0.5, 0.6) is 0 Å². The highest BCUT2D eigenvalue weighted by Gasteiger charge is 2.46. The number of ether oxygens (including phenoxy) is 1. The van der Waals surface area contributed by atoms with E-state index < -0.39 is 5.41 Å². The Labute approximate surface area is 335 Å². The Hall–Kier alpha value is -7.23. The number of fused-ring (bicyclic) bond motifs is 7. The number of nitrogens with zero attached hydrogens (tertiary/aromatic N) is 2. The molecule has 6 aromatic rings. The Balaban J connectivity index is 1.31. The molecule has 0 fully saturated rings. The first-order valence-corrected chi connectivity index (χ1v) is 19.3. The molecule has 3 nitrogen and oxygen atoms in total. The van der Waals surface area contributed by atoms with Crippen LogP contribution in [0.4, 0.5) is 22.7 Å². The van der Waals surface area contributed by atoms with Crippen LogP contribution >= 0.6 is 0 Å². The maximum Gasteiger partial charge on any atom is 0.141 e. The lowest BCUT2D eigenvalue weighted by Gasteiger charge is -2.36. The van der Waals surface area contributed by atoms with Crippen molar-refractivity contribution < 1.29 is 4.74 Å². The second-order valence-corrected chi connectivity index (χ2v) is 14.6. The molecule has 1 atom stereocenters. The minimum atomic E-state index is -0.618. The standard InChI is InChI=1S/C54H42N2O/c1-37-19-15-17-34-57-53-40(4)44-25-11-13-29-51(44)55-33-16-14-20-38(2)54(39(3)35-47(37)53)49-28-12-10-27-46(49)48-36-43(31-32-50(48)54)56(42-23-6-5-7-24-42)52-30-18-22-41-21-8-9-26-45(41)52/h5-36H,1,4H2,2-3H3/b16-14-,19-15-,34-17-,38-20+,39-35+,53-47-,55-33?. The van der Waals surface area contributed by atoms with Gasteiger partial charge in [-0.05, 0) is 95.6 Å². The average molecular weight is 735 g/mol. The van der Waals surface area contributed by atoms with E-state index >= 15 is 0 Å². The third kappa shape index (κ3) is 6.05. The summed E-state index contributed by atoms with van der Waals surface area (Å²) in [6.07, 6.45) is 18.0. The normalized spacial score (nSPS) is 22.2. The Bertz CT molecular complexity index is 2820. The van der Waals surface area contributed by atoms with Crippen LogP contribution < -0.4 is 4.90 Å². The molecule has 0 aromatic heterocycles. The third-order valence-electron chi connectivity index (χ3n) is 11.4. The van der Waals surface area contributed by atoms with Gasteiger partial charge in [0.1, 0.15) is 5.76 Å². The Morgan fingerprint density at radius 2 is 1.35 bits per heavy atom. The van der Waals surface area contributed by atoms with E-state index in [4.69, 9.17) is 9.73 Å². The van der Waals surface area contributed by atoms with Crippen LogP contribution in [-0.2, 0) is 10.2 Å². The zero-order valence-electron chi connectivity index (χ0n) is 32.2. The maximum atomic E-state index is 6.47. The quantitative estimate of drug-likeness (QED) is 0.181. The molecule has 0 saturated heterocycles. The van der Waals surface area contributed by atoms with Gasteiger partial charge in [0.25, 0.3) is 0 Å². The van der Waals surface area contributed by atoms with Gasteiger partial charge in [0.15, 0.2) is 0 Å². The summed E-state index contributed by atoms with van der Waals surface area (Å²) in [5.41, 5.74) is 14.0. The molecule has 3 heteroatoms. The van der Waals surface area contributed by atoms with E-state index in [0.29, 0.717) is 5.76 Å². The van der Waals surface area contributed by atoms with Crippen LogP contribution in [0.3, 0.4) is 0 Å². The molecule has 6 aromatic carbocycles. The minimum absolute atomic E-state index is 0.618. The summed E-state index contributed by atoms with van der Waals surface area (Å²) in [7, 11) is 0. The molecule has 1 spiro atoms. The Kier molecular flexibility index (Phi) is 9.20. The van der Waals surface area contributed by atoms with Gasteiger partial charge in [0, 0.05) is 39.7 Å². The van der Waals surface area contributed by atoms with Gasteiger partial charge in [-0.2, -0.15) is 0 Å². The molecule has 9 rings (SSSR count). The van der Waals surface area contributed by atoms with Crippen LogP contribution in [0, 0.1) is 0 Å². The summed E-state index contributed by atoms with van der Waals surface area (Å²) < 4.78 is 6.47. The number of benzene rings is 6. The second-order valence-electron chi connectivity index (χ2n) is 14.6. The smallest absolute Gasteiger partial charge is 0.141 e. The largest absolute Gasteiger partial charge is 0.464 e. The first-order chi connectivity index (χ1) is 28.0. The van der Waals surface area contributed by atoms with Gasteiger partial charge < -0.3 is 9.64 Å². The fourth-order valence-corrected chi connectivity index (χ4v) is 8.78. The summed E-state index contributed by atoms with van der Waals surface area (Å²) in [4.78, 5) is 7.25. The zero-order chi connectivity index (χ0) is 38.9. The van der Waals surface area contributed by atoms with Crippen LogP contribution in [0.15, 0.2) is 235 Å². The fraction of sp³-hybridized carbons (Fsp3) is 0.0556. The summed E-state index contributed by atoms with van der Waals surface area (Å²) in [6.45, 7) is 13.6. The van der Waals surface area contributed by atoms with E-state index in [2.05, 4.69) is 165 Å². The minimum Gasteiger partial charge on any atom is -0.464 e. The van der Waals surface area contributed by atoms with Crippen LogP contribution in [0.1, 0.15) is 30.5 Å². The molecule has 2 heterocycles. The Morgan fingerprint density at radius 3 is 2.23 bits per heavy atom. The monoisotopic (exact) mass is 734 g/mol. The van der Waals surface area contributed by atoms with Crippen molar-refractivity contribution >= 4 is 45.3 Å². The summed E-state index contributed by atoms with van der Waals surface area (Å²) in [5, 5.41) is 2.39. The zero-order valence-corrected chi connectivity index (χ0v) is 32.2. The van der Waals surface area contributed by atoms with Crippen molar-refractivity contribution in [2.45, 2.75) is 19.3 Å². The molecule has 1 aliphatic carbocycles. The predicted molar refractivity (Wildman–Crippen MR) is 241 cm³/mol. The molecule has 0 saturated carbocycles. The van der Waals surface area contributed by atoms with Gasteiger partial charge in [-0.1, -0.05) is 158 Å². The van der Waals surface area contributed by atoms with Crippen LogP contribution in [-0.4, -0.2) is 6.21 Å². The van der Waals surface area contributed by atoms with Crippen molar-refractivity contribution in [1.82, 2.24) is 0 Å².